The van der Waals surface area contributed by atoms with E-state index in [0.29, 0.717) is 195 Å². The molecule has 4 rings (SSSR count). The standard InChI is InChI=1S/C48H84N7O21PS/c49-45-37(34-55(48(60)54-45)46-44(58)39(35-75-46)76-77(61)62)4-3-8-50-42(57)7-10-63-12-14-65-16-18-67-20-22-69-24-26-71-28-30-73-32-33-74-31-29-72-27-25-70-23-21-68-19-17-66-15-13-64-11-9-51-41(56)6-2-1-5-40-43-38(36-78-40)52-47(59)53-43/h34,38-40,43-44,46,58H,1-33,35-36H2,(H6-,49,50,51,52,53,54,56,57,59,60,61,62)/p+1/t38-,39-,40-,43-,44?,46+/m0/s1. The van der Waals surface area contributed by atoms with E-state index in [4.69, 9.17) is 76.7 Å². The maximum Gasteiger partial charge on any atom is 0.695 e. The number of nitrogens with zero attached hydrogens (tertiary/aromatic N) is 2. The molecule has 7 atom stereocenters. The fraction of sp³-hybridized carbons (Fsp3) is 0.854. The molecular formula is C48H85N7O21PS+. The average Bonchev–Trinajstić information content (AvgIpc) is 4.16. The number of aliphatic hydroxyl groups is 1. The minimum Gasteiger partial charge on any atom is -0.385 e. The van der Waals surface area contributed by atoms with Gasteiger partial charge in [-0.05, 0) is 25.7 Å². The number of aliphatic hydroxyl groups excluding tert-OH is 1. The third-order valence-electron chi connectivity index (χ3n) is 11.8. The number of ether oxygens (including phenoxy) is 13. The Balaban J connectivity index is 0.758. The van der Waals surface area contributed by atoms with Crippen LogP contribution in [-0.4, -0.2) is 251 Å². The lowest BCUT2D eigenvalue weighted by Crippen LogP contribution is -2.36. The zero-order chi connectivity index (χ0) is 55.7. The number of rotatable bonds is 51. The van der Waals surface area contributed by atoms with Crippen molar-refractivity contribution in [2.75, 3.05) is 190 Å². The van der Waals surface area contributed by atoms with Crippen LogP contribution in [0.1, 0.15) is 50.3 Å². The number of carbonyl (C=O) groups excluding carboxylic acids is 3. The molecule has 2 unspecified atom stereocenters. The Morgan fingerprint density at radius 3 is 1.63 bits per heavy atom. The molecule has 0 aliphatic carbocycles. The Hall–Kier alpha value is -3.30. The van der Waals surface area contributed by atoms with Crippen LogP contribution in [0.25, 0.3) is 0 Å². The van der Waals surface area contributed by atoms with Gasteiger partial charge in [-0.15, -0.1) is 9.42 Å². The highest BCUT2D eigenvalue weighted by molar-refractivity contribution is 8.00. The second-order valence-corrected chi connectivity index (χ2v) is 19.7. The number of nitrogens with two attached hydrogens (primary N) is 1. The summed E-state index contributed by atoms with van der Waals surface area (Å²) >= 11 is 1.89. The summed E-state index contributed by atoms with van der Waals surface area (Å²) in [5, 5.41) is 22.5. The summed E-state index contributed by atoms with van der Waals surface area (Å²) in [4.78, 5) is 60.9. The van der Waals surface area contributed by atoms with E-state index in [1.54, 1.807) is 0 Å². The van der Waals surface area contributed by atoms with Crippen molar-refractivity contribution in [2.45, 2.75) is 80.7 Å². The number of anilines is 1. The van der Waals surface area contributed by atoms with Gasteiger partial charge in [0, 0.05) is 53.3 Å². The lowest BCUT2D eigenvalue weighted by atomic mass is 10.0. The highest BCUT2D eigenvalue weighted by Gasteiger charge is 2.44. The van der Waals surface area contributed by atoms with Gasteiger partial charge in [0.15, 0.2) is 12.3 Å². The number of aryl methyl sites for hydroxylation is 1. The Morgan fingerprint density at radius 2 is 1.13 bits per heavy atom. The summed E-state index contributed by atoms with van der Waals surface area (Å²) in [6.07, 6.45) is 2.10. The first kappa shape index (κ1) is 67.2. The van der Waals surface area contributed by atoms with Crippen LogP contribution in [-0.2, 0) is 86.7 Å². The SMILES string of the molecule is Nc1nc(=O)n([C@@H]2OC[C@H](O[P+](=O)O)C2O)cc1CCCNC(=O)CCOCCOCCOCCOCCOCCOCCOCCOCCOCCOCCOCCOCCNC(=O)CCCC[C@@H]1SC[C@@H]2NC(=O)N[C@@H]21. The first-order valence-corrected chi connectivity index (χ1v) is 28.9. The number of nitrogen functional groups attached to an aromatic ring is 1. The zero-order valence-corrected chi connectivity index (χ0v) is 46.5. The second-order valence-electron chi connectivity index (χ2n) is 17.7. The van der Waals surface area contributed by atoms with Gasteiger partial charge in [-0.25, -0.2) is 9.59 Å². The predicted octanol–water partition coefficient (Wildman–Crippen LogP) is -0.770. The topological polar surface area (TPSA) is 347 Å². The van der Waals surface area contributed by atoms with Crippen molar-refractivity contribution < 1.29 is 95.1 Å². The monoisotopic (exact) mass is 1160 g/mol. The van der Waals surface area contributed by atoms with Gasteiger partial charge < -0.3 is 93.7 Å². The maximum atomic E-state index is 12.4. The highest BCUT2D eigenvalue weighted by Crippen LogP contribution is 2.33. The minimum absolute atomic E-state index is 0.0149. The van der Waals surface area contributed by atoms with Gasteiger partial charge in [0.1, 0.15) is 11.9 Å². The molecule has 0 radical (unpaired) electrons. The van der Waals surface area contributed by atoms with Gasteiger partial charge in [-0.2, -0.15) is 16.7 Å². The summed E-state index contributed by atoms with van der Waals surface area (Å²) in [6, 6.07) is 0.373. The molecule has 448 valence electrons. The normalized spacial score (nSPS) is 20.0. The Bertz CT molecular complexity index is 1850. The molecule has 4 amide bonds. The second kappa shape index (κ2) is 43.4. The van der Waals surface area contributed by atoms with Crippen LogP contribution in [0.3, 0.4) is 0 Å². The summed E-state index contributed by atoms with van der Waals surface area (Å²) in [6.45, 7) is 10.9. The molecule has 3 aliphatic rings. The van der Waals surface area contributed by atoms with E-state index in [-0.39, 0.29) is 55.4 Å². The average molecular weight is 1160 g/mol. The molecule has 0 spiro atoms. The Kier molecular flexibility index (Phi) is 37.4. The molecule has 3 aliphatic heterocycles. The van der Waals surface area contributed by atoms with E-state index >= 15 is 0 Å². The van der Waals surface area contributed by atoms with Crippen molar-refractivity contribution in [3.05, 3.63) is 22.2 Å². The van der Waals surface area contributed by atoms with Gasteiger partial charge in [0.05, 0.1) is 177 Å². The lowest BCUT2D eigenvalue weighted by Gasteiger charge is -2.18. The molecule has 1 aromatic rings. The molecular weight excluding hydrogens is 1070 g/mol. The van der Waals surface area contributed by atoms with E-state index in [1.165, 1.54) is 6.20 Å². The van der Waals surface area contributed by atoms with Crippen molar-refractivity contribution in [3.63, 3.8) is 0 Å². The number of aromatic nitrogens is 2. The van der Waals surface area contributed by atoms with Crippen molar-refractivity contribution in [2.24, 2.45) is 0 Å². The molecule has 1 aromatic heterocycles. The Morgan fingerprint density at radius 1 is 0.667 bits per heavy atom. The van der Waals surface area contributed by atoms with E-state index in [2.05, 4.69) is 26.3 Å². The fourth-order valence-electron chi connectivity index (χ4n) is 7.83. The number of hydrogen-bond donors (Lipinski definition) is 7. The van der Waals surface area contributed by atoms with Gasteiger partial charge >= 0.3 is 20.0 Å². The third kappa shape index (κ3) is 30.5. The largest absolute Gasteiger partial charge is 0.695 e. The molecule has 4 heterocycles. The molecule has 0 saturated carbocycles. The number of urea groups is 1. The molecule has 0 aromatic carbocycles. The van der Waals surface area contributed by atoms with Gasteiger partial charge in [0.25, 0.3) is 0 Å². The summed E-state index contributed by atoms with van der Waals surface area (Å²) in [5.41, 5.74) is 5.67. The van der Waals surface area contributed by atoms with Crippen molar-refractivity contribution in [3.8, 4) is 0 Å². The smallest absolute Gasteiger partial charge is 0.385 e. The summed E-state index contributed by atoms with van der Waals surface area (Å²) in [7, 11) is -2.97. The van der Waals surface area contributed by atoms with Crippen LogP contribution in [0.4, 0.5) is 10.6 Å². The number of nitrogens with one attached hydrogen (secondary N) is 4. The fourth-order valence-corrected chi connectivity index (χ4v) is 9.79. The molecule has 30 heteroatoms. The quantitative estimate of drug-likeness (QED) is 0.0239. The third-order valence-corrected chi connectivity index (χ3v) is 13.8. The van der Waals surface area contributed by atoms with Crippen LogP contribution in [0, 0.1) is 0 Å². The molecule has 8 N–H and O–H groups in total. The number of carbonyl (C=O) groups is 3. The summed E-state index contributed by atoms with van der Waals surface area (Å²) in [5.74, 6) is 0.803. The van der Waals surface area contributed by atoms with Crippen LogP contribution in [0.5, 0.6) is 0 Å². The minimum atomic E-state index is -2.97. The number of thioether (sulfide) groups is 1. The number of hydrogen-bond acceptors (Lipinski definition) is 23. The van der Waals surface area contributed by atoms with E-state index in [9.17, 15) is 28.8 Å². The van der Waals surface area contributed by atoms with E-state index in [1.807, 2.05) is 11.8 Å². The predicted molar refractivity (Wildman–Crippen MR) is 281 cm³/mol. The first-order chi connectivity index (χ1) is 38.1. The number of unbranched alkanes of at least 4 members (excludes halogenated alkanes) is 1. The van der Waals surface area contributed by atoms with E-state index in [0.717, 1.165) is 29.6 Å². The van der Waals surface area contributed by atoms with Crippen LogP contribution >= 0.6 is 20.0 Å². The molecule has 3 saturated heterocycles. The van der Waals surface area contributed by atoms with E-state index < -0.39 is 32.4 Å². The van der Waals surface area contributed by atoms with Crippen LogP contribution in [0.15, 0.2) is 11.0 Å². The van der Waals surface area contributed by atoms with Crippen LogP contribution < -0.4 is 32.7 Å². The zero-order valence-electron chi connectivity index (χ0n) is 44.8. The van der Waals surface area contributed by atoms with Crippen molar-refractivity contribution in [1.29, 1.82) is 0 Å². The maximum absolute atomic E-state index is 12.4. The van der Waals surface area contributed by atoms with Gasteiger partial charge in [-0.3, -0.25) is 14.2 Å². The van der Waals surface area contributed by atoms with Crippen molar-refractivity contribution in [1.82, 2.24) is 30.8 Å². The van der Waals surface area contributed by atoms with Crippen LogP contribution in [0.2, 0.25) is 0 Å². The molecule has 0 bridgehead atoms. The number of amides is 4. The molecule has 78 heavy (non-hydrogen) atoms. The lowest BCUT2D eigenvalue weighted by molar-refractivity contribution is -0.122. The Labute approximate surface area is 460 Å². The summed E-state index contributed by atoms with van der Waals surface area (Å²) < 4.78 is 88.2. The molecule has 28 nitrogen and oxygen atoms in total. The molecule has 3 fully saturated rings. The van der Waals surface area contributed by atoms with Gasteiger partial charge in [0.2, 0.25) is 11.8 Å². The highest BCUT2D eigenvalue weighted by atomic mass is 32.2. The van der Waals surface area contributed by atoms with Gasteiger partial charge in [-0.1, -0.05) is 6.42 Å². The first-order valence-electron chi connectivity index (χ1n) is 26.8. The van der Waals surface area contributed by atoms with Crippen molar-refractivity contribution >= 4 is 43.7 Å². The number of fused-ring (bicyclic) bond motifs is 1.